The van der Waals surface area contributed by atoms with Crippen molar-refractivity contribution in [1.82, 2.24) is 4.90 Å². The highest BCUT2D eigenvalue weighted by Crippen LogP contribution is 2.19. The first-order chi connectivity index (χ1) is 8.73. The fourth-order valence-corrected chi connectivity index (χ4v) is 1.63. The lowest BCUT2D eigenvalue weighted by Crippen LogP contribution is -2.33. The zero-order valence-corrected chi connectivity index (χ0v) is 10.2. The van der Waals surface area contributed by atoms with Gasteiger partial charge in [-0.15, -0.1) is 0 Å². The number of benzene rings is 1. The lowest BCUT2D eigenvalue weighted by atomic mass is 10.1. The molecule has 0 bridgehead atoms. The van der Waals surface area contributed by atoms with Crippen LogP contribution >= 0.6 is 0 Å². The molecule has 0 saturated heterocycles. The summed E-state index contributed by atoms with van der Waals surface area (Å²) in [6.07, 6.45) is -4.33. The van der Waals surface area contributed by atoms with Crippen LogP contribution in [0, 0.1) is 5.82 Å². The van der Waals surface area contributed by atoms with E-state index in [2.05, 4.69) is 0 Å². The largest absolute Gasteiger partial charge is 0.478 e. The fraction of sp³-hybridized carbons (Fsp3) is 0.417. The van der Waals surface area contributed by atoms with Crippen molar-refractivity contribution < 1.29 is 27.5 Å². The standard InChI is InChI=1S/C12H13F4NO2/c1-2-17(7-12(14,15)16)6-8-3-4-10(13)9(5-8)11(18)19/h3-5H,2,6-7H2,1H3,(H,18,19). The van der Waals surface area contributed by atoms with E-state index in [1.54, 1.807) is 6.92 Å². The first-order valence-corrected chi connectivity index (χ1v) is 5.53. The molecule has 1 N–H and O–H groups in total. The van der Waals surface area contributed by atoms with E-state index in [-0.39, 0.29) is 13.1 Å². The number of carboxylic acid groups (broad SMARTS) is 1. The van der Waals surface area contributed by atoms with Gasteiger partial charge >= 0.3 is 12.1 Å². The molecule has 3 nitrogen and oxygen atoms in total. The summed E-state index contributed by atoms with van der Waals surface area (Å²) in [4.78, 5) is 11.8. The zero-order valence-electron chi connectivity index (χ0n) is 10.2. The maximum absolute atomic E-state index is 13.1. The lowest BCUT2D eigenvalue weighted by molar-refractivity contribution is -0.146. The van der Waals surface area contributed by atoms with Crippen LogP contribution in [0.15, 0.2) is 18.2 Å². The molecule has 0 aromatic heterocycles. The van der Waals surface area contributed by atoms with Crippen LogP contribution in [0.1, 0.15) is 22.8 Å². The molecule has 0 atom stereocenters. The van der Waals surface area contributed by atoms with Gasteiger partial charge in [0.1, 0.15) is 5.82 Å². The number of hydrogen-bond donors (Lipinski definition) is 1. The molecule has 1 aromatic rings. The molecule has 0 saturated carbocycles. The summed E-state index contributed by atoms with van der Waals surface area (Å²) in [5.41, 5.74) is -0.217. The summed E-state index contributed by atoms with van der Waals surface area (Å²) in [6, 6.07) is 3.28. The summed E-state index contributed by atoms with van der Waals surface area (Å²) >= 11 is 0. The Labute approximate surface area is 107 Å². The molecule has 7 heteroatoms. The minimum atomic E-state index is -4.33. The normalized spacial score (nSPS) is 11.9. The Balaban J connectivity index is 2.86. The molecule has 0 heterocycles. The summed E-state index contributed by atoms with van der Waals surface area (Å²) in [7, 11) is 0. The monoisotopic (exact) mass is 279 g/mol. The highest BCUT2D eigenvalue weighted by atomic mass is 19.4. The van der Waals surface area contributed by atoms with Gasteiger partial charge in [-0.25, -0.2) is 9.18 Å². The van der Waals surface area contributed by atoms with Crippen LogP contribution in [0.5, 0.6) is 0 Å². The highest BCUT2D eigenvalue weighted by Gasteiger charge is 2.30. The number of halogens is 4. The van der Waals surface area contributed by atoms with Crippen LogP contribution in [0.2, 0.25) is 0 Å². The van der Waals surface area contributed by atoms with Gasteiger partial charge in [-0.1, -0.05) is 13.0 Å². The Bertz CT molecular complexity index is 460. The van der Waals surface area contributed by atoms with Crippen LogP contribution in [0.25, 0.3) is 0 Å². The molecular weight excluding hydrogens is 266 g/mol. The van der Waals surface area contributed by atoms with E-state index in [0.29, 0.717) is 5.56 Å². The average molecular weight is 279 g/mol. The molecule has 106 valence electrons. The maximum atomic E-state index is 13.1. The Morgan fingerprint density at radius 2 is 2.00 bits per heavy atom. The highest BCUT2D eigenvalue weighted by molar-refractivity contribution is 5.88. The number of carboxylic acids is 1. The Morgan fingerprint density at radius 3 is 2.47 bits per heavy atom. The van der Waals surface area contributed by atoms with Crippen molar-refractivity contribution in [3.05, 3.63) is 35.1 Å². The molecule has 19 heavy (non-hydrogen) atoms. The zero-order chi connectivity index (χ0) is 14.6. The number of nitrogens with zero attached hydrogens (tertiary/aromatic N) is 1. The summed E-state index contributed by atoms with van der Waals surface area (Å²) < 4.78 is 50.0. The number of rotatable bonds is 5. The number of aromatic carboxylic acids is 1. The van der Waals surface area contributed by atoms with Gasteiger partial charge in [0.15, 0.2) is 0 Å². The van der Waals surface area contributed by atoms with Crippen LogP contribution in [-0.2, 0) is 6.54 Å². The second-order valence-electron chi connectivity index (χ2n) is 4.04. The van der Waals surface area contributed by atoms with Crippen LogP contribution < -0.4 is 0 Å². The number of hydrogen-bond acceptors (Lipinski definition) is 2. The minimum Gasteiger partial charge on any atom is -0.478 e. The third kappa shape index (κ3) is 4.86. The van der Waals surface area contributed by atoms with Crippen molar-refractivity contribution in [2.24, 2.45) is 0 Å². The maximum Gasteiger partial charge on any atom is 0.401 e. The second-order valence-corrected chi connectivity index (χ2v) is 4.04. The van der Waals surface area contributed by atoms with E-state index in [9.17, 15) is 22.4 Å². The smallest absolute Gasteiger partial charge is 0.401 e. The van der Waals surface area contributed by atoms with Crippen molar-refractivity contribution in [2.75, 3.05) is 13.1 Å². The van der Waals surface area contributed by atoms with Gasteiger partial charge in [0.25, 0.3) is 0 Å². The van der Waals surface area contributed by atoms with Gasteiger partial charge in [0, 0.05) is 6.54 Å². The molecule has 1 aromatic carbocycles. The predicted octanol–water partition coefficient (Wildman–Crippen LogP) is 2.91. The lowest BCUT2D eigenvalue weighted by Gasteiger charge is -2.22. The van der Waals surface area contributed by atoms with Crippen molar-refractivity contribution in [3.8, 4) is 0 Å². The fourth-order valence-electron chi connectivity index (χ4n) is 1.63. The van der Waals surface area contributed by atoms with Crippen LogP contribution in [-0.4, -0.2) is 35.2 Å². The van der Waals surface area contributed by atoms with Crippen molar-refractivity contribution in [3.63, 3.8) is 0 Å². The van der Waals surface area contributed by atoms with E-state index in [1.807, 2.05) is 0 Å². The third-order valence-electron chi connectivity index (χ3n) is 2.52. The van der Waals surface area contributed by atoms with Gasteiger partial charge in [-0.05, 0) is 24.2 Å². The van der Waals surface area contributed by atoms with Crippen molar-refractivity contribution in [1.29, 1.82) is 0 Å². The van der Waals surface area contributed by atoms with Crippen molar-refractivity contribution >= 4 is 5.97 Å². The van der Waals surface area contributed by atoms with Gasteiger partial charge in [-0.2, -0.15) is 13.2 Å². The number of alkyl halides is 3. The second kappa shape index (κ2) is 6.01. The molecule has 0 aliphatic rings. The minimum absolute atomic E-state index is 0.0867. The van der Waals surface area contributed by atoms with E-state index >= 15 is 0 Å². The van der Waals surface area contributed by atoms with Gasteiger partial charge in [0.05, 0.1) is 12.1 Å². The van der Waals surface area contributed by atoms with Crippen LogP contribution in [0.4, 0.5) is 17.6 Å². The SMILES string of the molecule is CCN(Cc1ccc(F)c(C(=O)O)c1)CC(F)(F)F. The van der Waals surface area contributed by atoms with E-state index in [1.165, 1.54) is 6.07 Å². The van der Waals surface area contributed by atoms with Crippen LogP contribution in [0.3, 0.4) is 0 Å². The van der Waals surface area contributed by atoms with E-state index < -0.39 is 30.1 Å². The summed E-state index contributed by atoms with van der Waals surface area (Å²) in [5.74, 6) is -2.35. The van der Waals surface area contributed by atoms with E-state index in [4.69, 9.17) is 5.11 Å². The molecule has 0 unspecified atom stereocenters. The third-order valence-corrected chi connectivity index (χ3v) is 2.52. The molecule has 0 amide bonds. The van der Waals surface area contributed by atoms with E-state index in [0.717, 1.165) is 17.0 Å². The predicted molar refractivity (Wildman–Crippen MR) is 60.4 cm³/mol. The van der Waals surface area contributed by atoms with Crippen molar-refractivity contribution in [2.45, 2.75) is 19.6 Å². The first-order valence-electron chi connectivity index (χ1n) is 5.53. The molecule has 1 rings (SSSR count). The molecule has 0 aliphatic heterocycles. The molecule has 0 aliphatic carbocycles. The Morgan fingerprint density at radius 1 is 1.37 bits per heavy atom. The summed E-state index contributed by atoms with van der Waals surface area (Å²) in [5, 5.41) is 8.73. The molecule has 0 radical (unpaired) electrons. The number of carbonyl (C=O) groups is 1. The quantitative estimate of drug-likeness (QED) is 0.842. The van der Waals surface area contributed by atoms with Gasteiger partial charge in [-0.3, -0.25) is 4.90 Å². The van der Waals surface area contributed by atoms with Gasteiger partial charge in [0.2, 0.25) is 0 Å². The molecular formula is C12H13F4NO2. The topological polar surface area (TPSA) is 40.5 Å². The molecule has 0 fully saturated rings. The Kier molecular flexibility index (Phi) is 4.88. The average Bonchev–Trinajstić information content (AvgIpc) is 2.28. The molecule has 0 spiro atoms. The Hall–Kier alpha value is -1.63. The summed E-state index contributed by atoms with van der Waals surface area (Å²) in [6.45, 7) is 0.534. The first kappa shape index (κ1) is 15.4. The van der Waals surface area contributed by atoms with Gasteiger partial charge < -0.3 is 5.11 Å².